The summed E-state index contributed by atoms with van der Waals surface area (Å²) in [5, 5.41) is 0. The van der Waals surface area contributed by atoms with Gasteiger partial charge in [0.25, 0.3) is 0 Å². The van der Waals surface area contributed by atoms with E-state index in [0.717, 1.165) is 11.9 Å². The highest BCUT2D eigenvalue weighted by atomic mass is 14.1. The summed E-state index contributed by atoms with van der Waals surface area (Å²) >= 11 is 0. The van der Waals surface area contributed by atoms with E-state index in [0.29, 0.717) is 5.92 Å². The first-order valence-corrected chi connectivity index (χ1v) is 3.42. The van der Waals surface area contributed by atoms with E-state index in [-0.39, 0.29) is 0 Å². The maximum Gasteiger partial charge on any atom is 0.113 e. The first kappa shape index (κ1) is 6.66. The summed E-state index contributed by atoms with van der Waals surface area (Å²) in [6, 6.07) is 0. The predicted molar refractivity (Wildman–Crippen MR) is 41.4 cm³/mol. The molecule has 0 saturated carbocycles. The normalized spacial score (nSPS) is 25.8. The summed E-state index contributed by atoms with van der Waals surface area (Å²) < 4.78 is 0. The largest absolute Gasteiger partial charge is 0.113 e. The summed E-state index contributed by atoms with van der Waals surface area (Å²) in [6.45, 7) is 4.32. The number of hydrogen-bond acceptors (Lipinski definition) is 0. The summed E-state index contributed by atoms with van der Waals surface area (Å²) in [5.41, 5.74) is 2.36. The van der Waals surface area contributed by atoms with Crippen molar-refractivity contribution in [3.63, 3.8) is 0 Å². The van der Waals surface area contributed by atoms with Crippen LogP contribution in [0.1, 0.15) is 20.3 Å². The van der Waals surface area contributed by atoms with Gasteiger partial charge in [-0.25, -0.2) is 0 Å². The first-order valence-electron chi connectivity index (χ1n) is 3.42. The van der Waals surface area contributed by atoms with Crippen LogP contribution in [0, 0.1) is 5.92 Å². The Hall–Kier alpha value is -0.455. The monoisotopic (exact) mass is 118 g/mol. The second-order valence-corrected chi connectivity index (χ2v) is 2.48. The smallest absolute Gasteiger partial charge is 0.0972 e. The Balaban J connectivity index is 2.79. The molecule has 0 aromatic carbocycles. The van der Waals surface area contributed by atoms with Crippen molar-refractivity contribution in [2.75, 3.05) is 0 Å². The third-order valence-corrected chi connectivity index (χ3v) is 1.87. The molecule has 1 unspecified atom stereocenters. The average Bonchev–Trinajstić information content (AvgIpc) is 2.12. The van der Waals surface area contributed by atoms with E-state index in [2.05, 4.69) is 19.9 Å². The van der Waals surface area contributed by atoms with E-state index >= 15 is 0 Å². The fourth-order valence-corrected chi connectivity index (χ4v) is 1.26. The lowest BCUT2D eigenvalue weighted by Crippen LogP contribution is -1.91. The zero-order valence-electron chi connectivity index (χ0n) is 6.02. The molecule has 0 spiro atoms. The zero-order chi connectivity index (χ0) is 6.85. The second-order valence-electron chi connectivity index (χ2n) is 2.48. The van der Waals surface area contributed by atoms with Crippen LogP contribution in [0.25, 0.3) is 0 Å². The number of hydrogen-bond donors (Lipinski definition) is 0. The van der Waals surface area contributed by atoms with Crippen LogP contribution in [0.15, 0.2) is 23.2 Å². The fraction of sp³-hybridized carbons (Fsp3) is 0.500. The van der Waals surface area contributed by atoms with E-state index in [1.165, 1.54) is 5.57 Å². The first-order chi connectivity index (χ1) is 4.25. The number of allylic oxidation sites excluding steroid dienone is 4. The van der Waals surface area contributed by atoms with Crippen LogP contribution in [0.4, 0.5) is 0 Å². The van der Waals surface area contributed by atoms with Gasteiger partial charge in [0.05, 0.1) is 0 Å². The van der Waals surface area contributed by atoms with Crippen molar-refractivity contribution in [2.45, 2.75) is 20.3 Å². The van der Waals surface area contributed by atoms with Crippen molar-refractivity contribution in [3.8, 4) is 0 Å². The molecule has 0 bridgehead atoms. The average molecular weight is 118 g/mol. The van der Waals surface area contributed by atoms with E-state index in [4.69, 9.17) is 7.85 Å². The quantitative estimate of drug-likeness (QED) is 0.462. The van der Waals surface area contributed by atoms with Crippen LogP contribution in [-0.2, 0) is 0 Å². The van der Waals surface area contributed by atoms with E-state index in [1.807, 2.05) is 6.08 Å². The Bertz CT molecular complexity index is 165. The summed E-state index contributed by atoms with van der Waals surface area (Å²) in [6.07, 6.45) is 5.23. The summed E-state index contributed by atoms with van der Waals surface area (Å²) in [7, 11) is 5.67. The van der Waals surface area contributed by atoms with Gasteiger partial charge in [-0.15, -0.1) is 0 Å². The van der Waals surface area contributed by atoms with Gasteiger partial charge in [-0.3, -0.25) is 0 Å². The Morgan fingerprint density at radius 2 is 2.33 bits per heavy atom. The van der Waals surface area contributed by atoms with Gasteiger partial charge in [0, 0.05) is 0 Å². The molecule has 0 saturated heterocycles. The van der Waals surface area contributed by atoms with Crippen molar-refractivity contribution < 1.29 is 0 Å². The summed E-state index contributed by atoms with van der Waals surface area (Å²) in [4.78, 5) is 0. The van der Waals surface area contributed by atoms with Gasteiger partial charge < -0.3 is 0 Å². The predicted octanol–water partition coefficient (Wildman–Crippen LogP) is 2.02. The van der Waals surface area contributed by atoms with Crippen LogP contribution in [0.3, 0.4) is 0 Å². The third kappa shape index (κ3) is 1.10. The van der Waals surface area contributed by atoms with Crippen LogP contribution in [0.2, 0.25) is 0 Å². The number of rotatable bonds is 1. The molecule has 1 aliphatic rings. The highest BCUT2D eigenvalue weighted by Gasteiger charge is 2.09. The highest BCUT2D eigenvalue weighted by Crippen LogP contribution is 2.24. The molecule has 9 heavy (non-hydrogen) atoms. The lowest BCUT2D eigenvalue weighted by molar-refractivity contribution is 0.825. The van der Waals surface area contributed by atoms with Crippen molar-refractivity contribution in [1.29, 1.82) is 0 Å². The minimum atomic E-state index is 0.579. The van der Waals surface area contributed by atoms with E-state index in [1.54, 1.807) is 0 Å². The van der Waals surface area contributed by atoms with Gasteiger partial charge in [-0.1, -0.05) is 37.0 Å². The van der Waals surface area contributed by atoms with Gasteiger partial charge >= 0.3 is 0 Å². The van der Waals surface area contributed by atoms with Gasteiger partial charge in [0.2, 0.25) is 0 Å². The molecule has 1 atom stereocenters. The molecule has 0 aromatic rings. The van der Waals surface area contributed by atoms with Crippen molar-refractivity contribution >= 4 is 7.85 Å². The maximum absolute atomic E-state index is 5.67. The molecule has 1 rings (SSSR count). The van der Waals surface area contributed by atoms with E-state index < -0.39 is 0 Å². The standard InChI is InChI=1S/C8H11B/c1-3-7-6(2)4-5-8(7)9/h4-6H,3H2,1-2H3. The Labute approximate surface area is 58.1 Å². The molecule has 0 amide bonds. The lowest BCUT2D eigenvalue weighted by Gasteiger charge is -2.05. The minimum Gasteiger partial charge on any atom is -0.0972 e. The molecule has 0 N–H and O–H groups in total. The SMILES string of the molecule is [B]C1=C(CC)C(C)C=C1. The molecular formula is C8H11B. The molecule has 46 valence electrons. The second kappa shape index (κ2) is 2.42. The van der Waals surface area contributed by atoms with E-state index in [9.17, 15) is 0 Å². The van der Waals surface area contributed by atoms with Crippen LogP contribution >= 0.6 is 0 Å². The third-order valence-electron chi connectivity index (χ3n) is 1.87. The molecule has 0 nitrogen and oxygen atoms in total. The molecule has 1 heteroatoms. The minimum absolute atomic E-state index is 0.579. The van der Waals surface area contributed by atoms with Crippen molar-refractivity contribution in [3.05, 3.63) is 23.2 Å². The lowest BCUT2D eigenvalue weighted by atomic mass is 9.89. The molecule has 2 radical (unpaired) electrons. The maximum atomic E-state index is 5.67. The van der Waals surface area contributed by atoms with Crippen LogP contribution < -0.4 is 0 Å². The molecule has 0 fully saturated rings. The Morgan fingerprint density at radius 1 is 1.67 bits per heavy atom. The van der Waals surface area contributed by atoms with Crippen LogP contribution in [-0.4, -0.2) is 7.85 Å². The van der Waals surface area contributed by atoms with Gasteiger partial charge in [0.1, 0.15) is 7.85 Å². The topological polar surface area (TPSA) is 0 Å². The summed E-state index contributed by atoms with van der Waals surface area (Å²) in [5.74, 6) is 0.579. The van der Waals surface area contributed by atoms with Gasteiger partial charge in [-0.05, 0) is 12.3 Å². The van der Waals surface area contributed by atoms with Crippen molar-refractivity contribution in [1.82, 2.24) is 0 Å². The molecular weight excluding hydrogens is 107 g/mol. The Kier molecular flexibility index (Phi) is 1.79. The van der Waals surface area contributed by atoms with Crippen molar-refractivity contribution in [2.24, 2.45) is 5.92 Å². The Morgan fingerprint density at radius 3 is 2.56 bits per heavy atom. The van der Waals surface area contributed by atoms with Gasteiger partial charge in [-0.2, -0.15) is 0 Å². The highest BCUT2D eigenvalue weighted by molar-refractivity contribution is 6.24. The van der Waals surface area contributed by atoms with Crippen LogP contribution in [0.5, 0.6) is 0 Å². The molecule has 0 heterocycles. The van der Waals surface area contributed by atoms with Gasteiger partial charge in [0.15, 0.2) is 0 Å². The fourth-order valence-electron chi connectivity index (χ4n) is 1.26. The molecule has 0 aromatic heterocycles. The zero-order valence-corrected chi connectivity index (χ0v) is 6.02. The molecule has 0 aliphatic heterocycles. The molecule has 1 aliphatic carbocycles.